The van der Waals surface area contributed by atoms with Gasteiger partial charge in [0.2, 0.25) is 10.0 Å². The standard InChI is InChI=1S/C11H14Cl3NO3S/c12-8-6-10(14)11(7-9(8)13)18-4-2-1-3-5-19(15,16)17/h6-7H,1-5H2,(H2,15,16,17). The first-order valence-electron chi connectivity index (χ1n) is 5.57. The molecule has 0 aliphatic carbocycles. The Bertz CT molecular complexity index is 534. The van der Waals surface area contributed by atoms with E-state index in [1.54, 1.807) is 6.07 Å². The zero-order valence-corrected chi connectivity index (χ0v) is 13.1. The van der Waals surface area contributed by atoms with Gasteiger partial charge in [-0.25, -0.2) is 13.6 Å². The summed E-state index contributed by atoms with van der Waals surface area (Å²) in [6.07, 6.45) is 1.92. The number of primary sulfonamides is 1. The number of hydrogen-bond donors (Lipinski definition) is 1. The van der Waals surface area contributed by atoms with Crippen molar-refractivity contribution in [2.75, 3.05) is 12.4 Å². The van der Waals surface area contributed by atoms with E-state index in [1.807, 2.05) is 0 Å². The van der Waals surface area contributed by atoms with E-state index in [4.69, 9.17) is 44.7 Å². The van der Waals surface area contributed by atoms with Crippen LogP contribution in [-0.2, 0) is 10.0 Å². The van der Waals surface area contributed by atoms with Crippen molar-refractivity contribution < 1.29 is 13.2 Å². The lowest BCUT2D eigenvalue weighted by atomic mass is 10.2. The molecule has 0 aliphatic heterocycles. The molecule has 4 nitrogen and oxygen atoms in total. The molecule has 0 saturated carbocycles. The van der Waals surface area contributed by atoms with Gasteiger partial charge in [0.05, 0.1) is 27.4 Å². The van der Waals surface area contributed by atoms with Crippen molar-refractivity contribution in [2.45, 2.75) is 19.3 Å². The summed E-state index contributed by atoms with van der Waals surface area (Å²) in [4.78, 5) is 0. The Morgan fingerprint density at radius 3 is 2.26 bits per heavy atom. The molecular formula is C11H14Cl3NO3S. The number of nitrogens with two attached hydrogens (primary N) is 1. The van der Waals surface area contributed by atoms with Crippen molar-refractivity contribution in [1.82, 2.24) is 0 Å². The third-order valence-electron chi connectivity index (χ3n) is 2.31. The Morgan fingerprint density at radius 2 is 1.63 bits per heavy atom. The fourth-order valence-corrected chi connectivity index (χ4v) is 2.58. The summed E-state index contributed by atoms with van der Waals surface area (Å²) in [6, 6.07) is 3.07. The number of unbranched alkanes of at least 4 members (excludes halogenated alkanes) is 2. The van der Waals surface area contributed by atoms with Crippen molar-refractivity contribution in [1.29, 1.82) is 0 Å². The van der Waals surface area contributed by atoms with Crippen molar-refractivity contribution >= 4 is 44.8 Å². The van der Waals surface area contributed by atoms with E-state index in [0.29, 0.717) is 46.7 Å². The third-order valence-corrected chi connectivity index (χ3v) is 4.18. The van der Waals surface area contributed by atoms with E-state index in [-0.39, 0.29) is 5.75 Å². The molecule has 1 rings (SSSR count). The molecule has 0 atom stereocenters. The van der Waals surface area contributed by atoms with Crippen LogP contribution >= 0.6 is 34.8 Å². The molecule has 1 aromatic carbocycles. The molecule has 0 bridgehead atoms. The van der Waals surface area contributed by atoms with Crippen LogP contribution in [0.4, 0.5) is 0 Å². The van der Waals surface area contributed by atoms with Gasteiger partial charge in [0.1, 0.15) is 5.75 Å². The molecular weight excluding hydrogens is 333 g/mol. The topological polar surface area (TPSA) is 69.4 Å². The molecule has 19 heavy (non-hydrogen) atoms. The van der Waals surface area contributed by atoms with Crippen molar-refractivity contribution in [3.63, 3.8) is 0 Å². The van der Waals surface area contributed by atoms with E-state index in [2.05, 4.69) is 0 Å². The molecule has 0 heterocycles. The molecule has 8 heteroatoms. The first-order chi connectivity index (χ1) is 8.79. The third kappa shape index (κ3) is 6.68. The number of ether oxygens (including phenoxy) is 1. The van der Waals surface area contributed by atoms with Crippen LogP contribution in [0.15, 0.2) is 12.1 Å². The van der Waals surface area contributed by atoms with Crippen molar-refractivity contribution in [3.05, 3.63) is 27.2 Å². The van der Waals surface area contributed by atoms with Gasteiger partial charge in [0.15, 0.2) is 0 Å². The van der Waals surface area contributed by atoms with Gasteiger partial charge in [-0.1, -0.05) is 34.8 Å². The van der Waals surface area contributed by atoms with E-state index in [1.165, 1.54) is 6.07 Å². The molecule has 0 fully saturated rings. The number of hydrogen-bond acceptors (Lipinski definition) is 3. The highest BCUT2D eigenvalue weighted by atomic mass is 35.5. The van der Waals surface area contributed by atoms with Crippen LogP contribution in [0, 0.1) is 0 Å². The minimum Gasteiger partial charge on any atom is -0.492 e. The largest absolute Gasteiger partial charge is 0.492 e. The normalized spacial score (nSPS) is 11.6. The number of benzene rings is 1. The minimum absolute atomic E-state index is 0.0134. The second-order valence-electron chi connectivity index (χ2n) is 3.97. The maximum Gasteiger partial charge on any atom is 0.209 e. The molecule has 0 saturated heterocycles. The lowest BCUT2D eigenvalue weighted by Crippen LogP contribution is -2.16. The molecule has 1 aromatic rings. The average molecular weight is 347 g/mol. The molecule has 0 spiro atoms. The van der Waals surface area contributed by atoms with Gasteiger partial charge >= 0.3 is 0 Å². The smallest absolute Gasteiger partial charge is 0.209 e. The molecule has 2 N–H and O–H groups in total. The highest BCUT2D eigenvalue weighted by Gasteiger charge is 2.07. The van der Waals surface area contributed by atoms with Gasteiger partial charge in [-0.2, -0.15) is 0 Å². The Balaban J connectivity index is 2.32. The average Bonchev–Trinajstić information content (AvgIpc) is 2.28. The number of sulfonamides is 1. The van der Waals surface area contributed by atoms with Crippen LogP contribution in [0.2, 0.25) is 15.1 Å². The molecule has 108 valence electrons. The lowest BCUT2D eigenvalue weighted by Gasteiger charge is -2.09. The second kappa shape index (κ2) is 7.55. The summed E-state index contributed by atoms with van der Waals surface area (Å²) >= 11 is 17.6. The fraction of sp³-hybridized carbons (Fsp3) is 0.455. The van der Waals surface area contributed by atoms with Gasteiger partial charge in [0, 0.05) is 6.07 Å². The predicted molar refractivity (Wildman–Crippen MR) is 78.8 cm³/mol. The van der Waals surface area contributed by atoms with E-state index < -0.39 is 10.0 Å². The summed E-state index contributed by atoms with van der Waals surface area (Å²) in [5, 5.41) is 6.01. The molecule has 0 unspecified atom stereocenters. The Hall–Kier alpha value is -0.200. The molecule has 0 amide bonds. The lowest BCUT2D eigenvalue weighted by molar-refractivity contribution is 0.306. The maximum atomic E-state index is 10.7. The van der Waals surface area contributed by atoms with Crippen molar-refractivity contribution in [3.8, 4) is 5.75 Å². The molecule has 0 aromatic heterocycles. The highest BCUT2D eigenvalue weighted by Crippen LogP contribution is 2.33. The molecule has 0 aliphatic rings. The van der Waals surface area contributed by atoms with Crippen LogP contribution in [0.5, 0.6) is 5.75 Å². The van der Waals surface area contributed by atoms with E-state index >= 15 is 0 Å². The molecule has 0 radical (unpaired) electrons. The minimum atomic E-state index is -3.37. The zero-order valence-electron chi connectivity index (χ0n) is 10.0. The number of rotatable bonds is 7. The maximum absolute atomic E-state index is 10.7. The number of halogens is 3. The quantitative estimate of drug-likeness (QED) is 0.607. The summed E-state index contributed by atoms with van der Waals surface area (Å²) in [7, 11) is -3.37. The van der Waals surface area contributed by atoms with E-state index in [9.17, 15) is 8.42 Å². The summed E-state index contributed by atoms with van der Waals surface area (Å²) < 4.78 is 26.9. The monoisotopic (exact) mass is 345 g/mol. The van der Waals surface area contributed by atoms with Crippen LogP contribution < -0.4 is 9.88 Å². The zero-order chi connectivity index (χ0) is 14.5. The second-order valence-corrected chi connectivity index (χ2v) is 6.93. The van der Waals surface area contributed by atoms with Crippen molar-refractivity contribution in [2.24, 2.45) is 5.14 Å². The van der Waals surface area contributed by atoms with Gasteiger partial charge in [-0.15, -0.1) is 0 Å². The first kappa shape index (κ1) is 16.9. The highest BCUT2D eigenvalue weighted by molar-refractivity contribution is 7.89. The summed E-state index contributed by atoms with van der Waals surface area (Å²) in [5.74, 6) is 0.447. The van der Waals surface area contributed by atoms with Gasteiger partial charge in [-0.05, 0) is 25.3 Å². The van der Waals surface area contributed by atoms with Crippen LogP contribution in [-0.4, -0.2) is 20.8 Å². The van der Waals surface area contributed by atoms with Crippen LogP contribution in [0.25, 0.3) is 0 Å². The van der Waals surface area contributed by atoms with Crippen LogP contribution in [0.1, 0.15) is 19.3 Å². The van der Waals surface area contributed by atoms with Gasteiger partial charge in [-0.3, -0.25) is 0 Å². The van der Waals surface area contributed by atoms with Gasteiger partial charge < -0.3 is 4.74 Å². The Morgan fingerprint density at radius 1 is 1.00 bits per heavy atom. The summed E-state index contributed by atoms with van der Waals surface area (Å²) in [6.45, 7) is 0.419. The predicted octanol–water partition coefficient (Wildman–Crippen LogP) is 3.48. The first-order valence-corrected chi connectivity index (χ1v) is 8.42. The SMILES string of the molecule is NS(=O)(=O)CCCCCOc1cc(Cl)c(Cl)cc1Cl. The summed E-state index contributed by atoms with van der Waals surface area (Å²) in [5.41, 5.74) is 0. The fourth-order valence-electron chi connectivity index (χ4n) is 1.38. The Kier molecular flexibility index (Phi) is 6.69. The van der Waals surface area contributed by atoms with Gasteiger partial charge in [0.25, 0.3) is 0 Å². The van der Waals surface area contributed by atoms with Crippen LogP contribution in [0.3, 0.4) is 0 Å². The Labute approximate surface area is 127 Å². The van der Waals surface area contributed by atoms with E-state index in [0.717, 1.165) is 0 Å².